The van der Waals surface area contributed by atoms with E-state index < -0.39 is 0 Å². The highest BCUT2D eigenvalue weighted by Crippen LogP contribution is 2.47. The smallest absolute Gasteiger partial charge is 0.0435 e. The second-order valence-corrected chi connectivity index (χ2v) is 12.5. The fraction of sp³-hybridized carbons (Fsp3) is 0. The van der Waals surface area contributed by atoms with E-state index in [0.29, 0.717) is 0 Å². The fourth-order valence-corrected chi connectivity index (χ4v) is 8.74. The van der Waals surface area contributed by atoms with Crippen LogP contribution in [-0.2, 0) is 0 Å². The first-order valence-corrected chi connectivity index (χ1v) is 15.3. The lowest BCUT2D eigenvalue weighted by atomic mass is 9.84. The van der Waals surface area contributed by atoms with Crippen LogP contribution in [0.4, 0.5) is 0 Å². The van der Waals surface area contributed by atoms with Crippen LogP contribution in [0.1, 0.15) is 0 Å². The van der Waals surface area contributed by atoms with Gasteiger partial charge in [-0.2, -0.15) is 0 Å². The number of hydrogen-bond acceptors (Lipinski definition) is 2. The third-order valence-electron chi connectivity index (χ3n) is 8.33. The molecule has 2 aromatic heterocycles. The Balaban J connectivity index is 1.42. The highest BCUT2D eigenvalue weighted by molar-refractivity contribution is 7.27. The molecule has 0 fully saturated rings. The Morgan fingerprint density at radius 2 is 1.07 bits per heavy atom. The zero-order valence-corrected chi connectivity index (χ0v) is 23.2. The van der Waals surface area contributed by atoms with Gasteiger partial charge < -0.3 is 0 Å². The van der Waals surface area contributed by atoms with E-state index in [-0.39, 0.29) is 0 Å². The Morgan fingerprint density at radius 3 is 1.85 bits per heavy atom. The minimum atomic E-state index is 1.27. The average molecular weight is 543 g/mol. The topological polar surface area (TPSA) is 0 Å². The molecule has 0 nitrogen and oxygen atoms in total. The maximum absolute atomic E-state index is 2.44. The van der Waals surface area contributed by atoms with Crippen LogP contribution in [-0.4, -0.2) is 0 Å². The van der Waals surface area contributed by atoms with E-state index >= 15 is 0 Å². The summed E-state index contributed by atoms with van der Waals surface area (Å²) in [7, 11) is 0. The van der Waals surface area contributed by atoms with Gasteiger partial charge >= 0.3 is 0 Å². The van der Waals surface area contributed by atoms with Crippen molar-refractivity contribution in [2.45, 2.75) is 0 Å². The molecule has 2 heterocycles. The molecular weight excluding hydrogens is 521 g/mol. The minimum Gasteiger partial charge on any atom is -0.143 e. The van der Waals surface area contributed by atoms with Gasteiger partial charge in [-0.3, -0.25) is 0 Å². The molecule has 0 unspecified atom stereocenters. The highest BCUT2D eigenvalue weighted by atomic mass is 32.1. The predicted octanol–water partition coefficient (Wildman–Crippen LogP) is 12.1. The van der Waals surface area contributed by atoms with E-state index in [9.17, 15) is 0 Å². The van der Waals surface area contributed by atoms with Crippen molar-refractivity contribution >= 4 is 85.2 Å². The fourth-order valence-electron chi connectivity index (χ4n) is 6.62. The van der Waals surface area contributed by atoms with E-state index in [2.05, 4.69) is 133 Å². The summed E-state index contributed by atoms with van der Waals surface area (Å²) in [5.41, 5.74) is 5.19. The Labute approximate surface area is 239 Å². The minimum absolute atomic E-state index is 1.27. The lowest BCUT2D eigenvalue weighted by Crippen LogP contribution is -1.91. The molecule has 0 amide bonds. The van der Waals surface area contributed by atoms with E-state index in [4.69, 9.17) is 0 Å². The number of thiophene rings is 2. The third kappa shape index (κ3) is 3.12. The van der Waals surface area contributed by atoms with Gasteiger partial charge in [0.2, 0.25) is 0 Å². The Kier molecular flexibility index (Phi) is 4.74. The van der Waals surface area contributed by atoms with Crippen molar-refractivity contribution in [1.82, 2.24) is 0 Å². The molecule has 40 heavy (non-hydrogen) atoms. The summed E-state index contributed by atoms with van der Waals surface area (Å²) < 4.78 is 4.10. The second kappa shape index (κ2) is 8.50. The first-order valence-electron chi connectivity index (χ1n) is 13.6. The van der Waals surface area contributed by atoms with Crippen LogP contribution in [0, 0.1) is 0 Å². The van der Waals surface area contributed by atoms with Crippen LogP contribution in [0.2, 0.25) is 0 Å². The number of rotatable bonds is 2. The highest BCUT2D eigenvalue weighted by Gasteiger charge is 2.19. The van der Waals surface area contributed by atoms with Crippen molar-refractivity contribution in [2.75, 3.05) is 0 Å². The molecular formula is C38H22S2. The molecule has 0 saturated carbocycles. The van der Waals surface area contributed by atoms with Gasteiger partial charge in [0.25, 0.3) is 0 Å². The Bertz CT molecular complexity index is 2370. The molecule has 0 aliphatic rings. The molecule has 9 rings (SSSR count). The van der Waals surface area contributed by atoms with Crippen molar-refractivity contribution in [2.24, 2.45) is 0 Å². The van der Waals surface area contributed by atoms with E-state index in [1.165, 1.54) is 84.8 Å². The lowest BCUT2D eigenvalue weighted by Gasteiger charge is -2.19. The zero-order valence-electron chi connectivity index (χ0n) is 21.5. The molecule has 0 bridgehead atoms. The van der Waals surface area contributed by atoms with Gasteiger partial charge in [-0.05, 0) is 89.6 Å². The third-order valence-corrected chi connectivity index (χ3v) is 10.4. The monoisotopic (exact) mass is 542 g/mol. The quantitative estimate of drug-likeness (QED) is 0.191. The first kappa shape index (κ1) is 22.3. The second-order valence-electron chi connectivity index (χ2n) is 10.5. The maximum atomic E-state index is 2.44. The van der Waals surface area contributed by atoms with Gasteiger partial charge in [-0.15, -0.1) is 22.7 Å². The Hall–Kier alpha value is -4.50. The normalized spacial score (nSPS) is 12.0. The van der Waals surface area contributed by atoms with Gasteiger partial charge in [-0.25, -0.2) is 0 Å². The van der Waals surface area contributed by atoms with Crippen molar-refractivity contribution in [3.05, 3.63) is 133 Å². The standard InChI is InChI=1S/C38H22S2/c1-2-10-26-23(8-1)9-7-15-27(26)36-30-13-5-3-11-28(30)35(29-12-4-6-14-31(29)36)25-17-18-33-32(22-25)37-34(40-33)19-16-24-20-21-39-38(24)37/h1-22H. The SMILES string of the molecule is c1ccc2c(-c3c4ccccc4c(-c4ccc5sc6ccc7ccsc7c6c5c4)c4ccccc34)cccc2c1. The summed E-state index contributed by atoms with van der Waals surface area (Å²) >= 11 is 3.75. The largest absolute Gasteiger partial charge is 0.143 e. The van der Waals surface area contributed by atoms with Gasteiger partial charge in [0.1, 0.15) is 0 Å². The summed E-state index contributed by atoms with van der Waals surface area (Å²) in [6.45, 7) is 0. The molecule has 0 aliphatic heterocycles. The summed E-state index contributed by atoms with van der Waals surface area (Å²) in [6.07, 6.45) is 0. The van der Waals surface area contributed by atoms with Gasteiger partial charge in [0.05, 0.1) is 0 Å². The van der Waals surface area contributed by atoms with Gasteiger partial charge in [-0.1, -0.05) is 103 Å². The Morgan fingerprint density at radius 1 is 0.425 bits per heavy atom. The molecule has 0 atom stereocenters. The van der Waals surface area contributed by atoms with Crippen LogP contribution in [0.3, 0.4) is 0 Å². The van der Waals surface area contributed by atoms with E-state index in [0.717, 1.165) is 0 Å². The van der Waals surface area contributed by atoms with E-state index in [1.54, 1.807) is 0 Å². The van der Waals surface area contributed by atoms with Crippen LogP contribution < -0.4 is 0 Å². The van der Waals surface area contributed by atoms with Crippen LogP contribution in [0.5, 0.6) is 0 Å². The molecule has 0 spiro atoms. The number of fused-ring (bicyclic) bond motifs is 8. The lowest BCUT2D eigenvalue weighted by molar-refractivity contribution is 1.69. The van der Waals surface area contributed by atoms with Gasteiger partial charge in [0, 0.05) is 24.9 Å². The number of hydrogen-bond donors (Lipinski definition) is 0. The molecule has 2 heteroatoms. The van der Waals surface area contributed by atoms with Crippen LogP contribution in [0.15, 0.2) is 133 Å². The summed E-state index contributed by atoms with van der Waals surface area (Å²) in [5.74, 6) is 0. The van der Waals surface area contributed by atoms with E-state index in [1.807, 2.05) is 22.7 Å². The molecule has 0 saturated heterocycles. The van der Waals surface area contributed by atoms with Crippen molar-refractivity contribution in [3.8, 4) is 22.3 Å². The van der Waals surface area contributed by atoms with Crippen molar-refractivity contribution < 1.29 is 0 Å². The predicted molar refractivity (Wildman–Crippen MR) is 178 cm³/mol. The molecule has 0 N–H and O–H groups in total. The molecule has 9 aromatic rings. The van der Waals surface area contributed by atoms with Crippen LogP contribution >= 0.6 is 22.7 Å². The maximum Gasteiger partial charge on any atom is 0.0435 e. The summed E-state index contributed by atoms with van der Waals surface area (Å²) in [4.78, 5) is 0. The first-order chi connectivity index (χ1) is 19.8. The molecule has 0 radical (unpaired) electrons. The van der Waals surface area contributed by atoms with Crippen LogP contribution in [0.25, 0.3) is 84.8 Å². The summed E-state index contributed by atoms with van der Waals surface area (Å²) in [6, 6.07) is 47.2. The zero-order chi connectivity index (χ0) is 26.2. The molecule has 7 aromatic carbocycles. The van der Waals surface area contributed by atoms with Gasteiger partial charge in [0.15, 0.2) is 0 Å². The van der Waals surface area contributed by atoms with Crippen molar-refractivity contribution in [3.63, 3.8) is 0 Å². The van der Waals surface area contributed by atoms with Crippen molar-refractivity contribution in [1.29, 1.82) is 0 Å². The molecule has 0 aliphatic carbocycles. The average Bonchev–Trinajstić information content (AvgIpc) is 3.63. The molecule has 186 valence electrons. The number of benzene rings is 7. The summed E-state index contributed by atoms with van der Waals surface area (Å²) in [5, 5.41) is 14.0.